The molecular weight excluding hydrogens is 415 g/mol. The lowest BCUT2D eigenvalue weighted by atomic mass is 10.2. The zero-order chi connectivity index (χ0) is 20.9. The summed E-state index contributed by atoms with van der Waals surface area (Å²) in [6.07, 6.45) is 0.131. The first-order chi connectivity index (χ1) is 13.8. The number of hydrogen-bond acceptors (Lipinski definition) is 8. The number of aromatic nitrogens is 4. The number of carbonyl (C=O) groups is 1. The molecule has 3 aromatic heterocycles. The van der Waals surface area contributed by atoms with Crippen LogP contribution in [0, 0.1) is 0 Å². The van der Waals surface area contributed by atoms with Gasteiger partial charge in [0.1, 0.15) is 10.7 Å². The van der Waals surface area contributed by atoms with Crippen molar-refractivity contribution in [2.45, 2.75) is 32.0 Å². The molecule has 9 nitrogen and oxygen atoms in total. The van der Waals surface area contributed by atoms with Gasteiger partial charge in [0.2, 0.25) is 0 Å². The quantitative estimate of drug-likeness (QED) is 0.633. The molecule has 0 radical (unpaired) electrons. The maximum absolute atomic E-state index is 10.6. The van der Waals surface area contributed by atoms with E-state index < -0.39 is 12.1 Å². The number of furan rings is 1. The van der Waals surface area contributed by atoms with Crippen molar-refractivity contribution >= 4 is 17.3 Å². The van der Waals surface area contributed by atoms with Gasteiger partial charge in [-0.05, 0) is 6.07 Å². The summed E-state index contributed by atoms with van der Waals surface area (Å²) < 4.78 is 44.7. The van der Waals surface area contributed by atoms with Crippen molar-refractivity contribution in [2.75, 3.05) is 6.54 Å². The highest BCUT2D eigenvalue weighted by atomic mass is 32.1. The van der Waals surface area contributed by atoms with Gasteiger partial charge in [-0.15, -0.1) is 16.4 Å². The third-order valence-electron chi connectivity index (χ3n) is 3.84. The second-order valence-corrected chi connectivity index (χ2v) is 6.85. The lowest BCUT2D eigenvalue weighted by Gasteiger charge is -2.24. The number of nitrogens with one attached hydrogen (secondary N) is 1. The summed E-state index contributed by atoms with van der Waals surface area (Å²) in [7, 11) is 0. The van der Waals surface area contributed by atoms with E-state index in [1.807, 2.05) is 22.3 Å². The fraction of sp³-hybridized carbons (Fsp3) is 0.375. The average molecular weight is 431 g/mol. The number of aliphatic carboxylic acids is 1. The van der Waals surface area contributed by atoms with E-state index in [-0.39, 0.29) is 6.10 Å². The summed E-state index contributed by atoms with van der Waals surface area (Å²) in [5.41, 5.74) is 2.77. The van der Waals surface area contributed by atoms with Crippen molar-refractivity contribution < 1.29 is 32.2 Å². The van der Waals surface area contributed by atoms with Crippen molar-refractivity contribution in [1.82, 2.24) is 25.3 Å². The Morgan fingerprint density at radius 1 is 1.45 bits per heavy atom. The van der Waals surface area contributed by atoms with Gasteiger partial charge in [0.15, 0.2) is 0 Å². The number of rotatable bonds is 5. The van der Waals surface area contributed by atoms with Crippen LogP contribution in [0.3, 0.4) is 0 Å². The molecule has 1 unspecified atom stereocenters. The topological polar surface area (TPSA) is 115 Å². The van der Waals surface area contributed by atoms with Crippen molar-refractivity contribution in [1.29, 1.82) is 0 Å². The number of nitrogens with zero attached hydrogens (tertiary/aromatic N) is 4. The number of carboxylic acid groups (broad SMARTS) is 1. The highest BCUT2D eigenvalue weighted by Crippen LogP contribution is 2.25. The Morgan fingerprint density at radius 2 is 2.24 bits per heavy atom. The lowest BCUT2D eigenvalue weighted by Crippen LogP contribution is -2.36. The summed E-state index contributed by atoms with van der Waals surface area (Å²) >= 11 is 1.65. The Bertz CT molecular complexity index is 912. The molecule has 1 aliphatic rings. The molecule has 0 amide bonds. The van der Waals surface area contributed by atoms with E-state index >= 15 is 0 Å². The maximum Gasteiger partial charge on any atom is 0.490 e. The van der Waals surface area contributed by atoms with Gasteiger partial charge < -0.3 is 19.6 Å². The summed E-state index contributed by atoms with van der Waals surface area (Å²) in [4.78, 5) is 13.1. The molecule has 13 heteroatoms. The first-order valence-electron chi connectivity index (χ1n) is 8.30. The van der Waals surface area contributed by atoms with E-state index in [4.69, 9.17) is 19.1 Å². The van der Waals surface area contributed by atoms with Crippen LogP contribution in [0.2, 0.25) is 0 Å². The minimum absolute atomic E-state index is 0.0892. The Morgan fingerprint density at radius 3 is 2.86 bits per heavy atom. The van der Waals surface area contributed by atoms with E-state index in [0.29, 0.717) is 13.2 Å². The third-order valence-corrected chi connectivity index (χ3v) is 4.62. The molecule has 1 aliphatic heterocycles. The van der Waals surface area contributed by atoms with Crippen molar-refractivity contribution in [3.63, 3.8) is 0 Å². The first kappa shape index (κ1) is 21.0. The molecular formula is C16H16F3N5O4S. The van der Waals surface area contributed by atoms with Crippen LogP contribution in [0.4, 0.5) is 13.2 Å². The summed E-state index contributed by atoms with van der Waals surface area (Å²) in [5.74, 6) is -2.76. The molecule has 29 heavy (non-hydrogen) atoms. The molecule has 3 aromatic rings. The van der Waals surface area contributed by atoms with E-state index in [0.717, 1.165) is 35.0 Å². The monoisotopic (exact) mass is 431 g/mol. The second-order valence-electron chi connectivity index (χ2n) is 5.87. The van der Waals surface area contributed by atoms with E-state index in [1.54, 1.807) is 23.9 Å². The third kappa shape index (κ3) is 5.62. The highest BCUT2D eigenvalue weighted by molar-refractivity contribution is 7.09. The number of carboxylic acids is 1. The fourth-order valence-corrected chi connectivity index (χ4v) is 3.08. The van der Waals surface area contributed by atoms with Gasteiger partial charge in [0, 0.05) is 30.2 Å². The molecule has 0 spiro atoms. The van der Waals surface area contributed by atoms with Gasteiger partial charge in [0.25, 0.3) is 0 Å². The van der Waals surface area contributed by atoms with Crippen LogP contribution in [-0.4, -0.2) is 49.9 Å². The standard InChI is InChI=1S/C14H15N5O2S.C2HF3O2/c1-3-20-8-10(1)14-12-9-21-11(7-19(12)18-17-14)5-15-6-13-16-2-4-22-13;3-2(4,5)1(6)7/h1-4,8,11,15H,5-7,9H2;(H,6,7). The van der Waals surface area contributed by atoms with Crippen LogP contribution in [0.5, 0.6) is 0 Å². The maximum atomic E-state index is 10.6. The van der Waals surface area contributed by atoms with E-state index in [1.165, 1.54) is 0 Å². The van der Waals surface area contributed by atoms with Gasteiger partial charge in [-0.3, -0.25) is 0 Å². The van der Waals surface area contributed by atoms with E-state index in [2.05, 4.69) is 20.6 Å². The Hall–Kier alpha value is -2.77. The first-order valence-corrected chi connectivity index (χ1v) is 9.18. The van der Waals surface area contributed by atoms with Crippen LogP contribution in [0.15, 0.2) is 34.6 Å². The predicted molar refractivity (Wildman–Crippen MR) is 93.8 cm³/mol. The minimum Gasteiger partial charge on any atom is -0.475 e. The zero-order valence-electron chi connectivity index (χ0n) is 14.8. The zero-order valence-corrected chi connectivity index (χ0v) is 15.6. The number of fused-ring (bicyclic) bond motifs is 1. The summed E-state index contributed by atoms with van der Waals surface area (Å²) in [6.45, 7) is 2.74. The van der Waals surface area contributed by atoms with Crippen LogP contribution in [0.1, 0.15) is 10.7 Å². The van der Waals surface area contributed by atoms with Gasteiger partial charge >= 0.3 is 12.1 Å². The molecule has 1 atom stereocenters. The fourth-order valence-electron chi connectivity index (χ4n) is 2.49. The largest absolute Gasteiger partial charge is 0.490 e. The average Bonchev–Trinajstić information content (AvgIpc) is 3.42. The summed E-state index contributed by atoms with van der Waals surface area (Å²) in [5, 5.41) is 22.0. The van der Waals surface area contributed by atoms with Gasteiger partial charge in [-0.25, -0.2) is 14.5 Å². The molecule has 0 saturated heterocycles. The Labute approximate surface area is 166 Å². The minimum atomic E-state index is -5.08. The van der Waals surface area contributed by atoms with Gasteiger partial charge in [-0.2, -0.15) is 13.2 Å². The number of thiazole rings is 1. The number of hydrogen-bond donors (Lipinski definition) is 2. The second kappa shape index (κ2) is 9.15. The van der Waals surface area contributed by atoms with Crippen LogP contribution in [0.25, 0.3) is 11.3 Å². The predicted octanol–water partition coefficient (Wildman–Crippen LogP) is 2.32. The molecule has 4 rings (SSSR count). The van der Waals surface area contributed by atoms with Crippen LogP contribution >= 0.6 is 11.3 Å². The van der Waals surface area contributed by atoms with Gasteiger partial charge in [-0.1, -0.05) is 5.21 Å². The molecule has 156 valence electrons. The number of alkyl halides is 3. The molecule has 0 aromatic carbocycles. The molecule has 0 fully saturated rings. The van der Waals surface area contributed by atoms with Crippen LogP contribution < -0.4 is 5.32 Å². The van der Waals surface area contributed by atoms with E-state index in [9.17, 15) is 13.2 Å². The van der Waals surface area contributed by atoms with Crippen LogP contribution in [-0.2, 0) is 29.2 Å². The smallest absolute Gasteiger partial charge is 0.475 e. The highest BCUT2D eigenvalue weighted by Gasteiger charge is 2.38. The summed E-state index contributed by atoms with van der Waals surface area (Å²) in [6, 6.07) is 1.88. The molecule has 0 saturated carbocycles. The van der Waals surface area contributed by atoms with Crippen molar-refractivity contribution in [3.8, 4) is 11.3 Å². The van der Waals surface area contributed by atoms with Crippen molar-refractivity contribution in [2.24, 2.45) is 0 Å². The Balaban J connectivity index is 0.000000298. The molecule has 0 aliphatic carbocycles. The SMILES string of the molecule is O=C(O)C(F)(F)F.c1csc(CNCC2Cn3nnc(-c4ccoc4)c3CO2)n1. The molecule has 2 N–H and O–H groups in total. The van der Waals surface area contributed by atoms with Crippen molar-refractivity contribution in [3.05, 3.63) is 40.9 Å². The lowest BCUT2D eigenvalue weighted by molar-refractivity contribution is -0.192. The number of ether oxygens (including phenoxy) is 1. The normalized spacial score (nSPS) is 16.0. The Kier molecular flexibility index (Phi) is 6.61. The number of halogens is 3. The molecule has 0 bridgehead atoms. The van der Waals surface area contributed by atoms with Gasteiger partial charge in [0.05, 0.1) is 37.5 Å². The molecule has 4 heterocycles.